The molecule has 1 N–H and O–H groups in total. The van der Waals surface area contributed by atoms with Crippen LogP contribution in [-0.4, -0.2) is 36.0 Å². The van der Waals surface area contributed by atoms with Gasteiger partial charge < -0.3 is 10.2 Å². The van der Waals surface area contributed by atoms with Gasteiger partial charge in [0.1, 0.15) is 0 Å². The number of nitrogens with one attached hydrogen (secondary N) is 1. The second kappa shape index (κ2) is 5.46. The van der Waals surface area contributed by atoms with Gasteiger partial charge in [0, 0.05) is 30.8 Å². The van der Waals surface area contributed by atoms with E-state index in [1.807, 2.05) is 12.1 Å². The van der Waals surface area contributed by atoms with Crippen molar-refractivity contribution in [1.82, 2.24) is 10.2 Å². The van der Waals surface area contributed by atoms with Crippen LogP contribution in [0.3, 0.4) is 0 Å². The van der Waals surface area contributed by atoms with E-state index in [2.05, 4.69) is 24.2 Å². The van der Waals surface area contributed by atoms with Gasteiger partial charge in [-0.3, -0.25) is 10.1 Å². The lowest BCUT2D eigenvalue weighted by atomic mass is 10.1. The molecule has 98 valence electrons. The van der Waals surface area contributed by atoms with Gasteiger partial charge in [-0.15, -0.1) is 0 Å². The van der Waals surface area contributed by atoms with Crippen LogP contribution in [0.4, 0.5) is 5.69 Å². The van der Waals surface area contributed by atoms with Crippen LogP contribution in [-0.2, 0) is 0 Å². The summed E-state index contributed by atoms with van der Waals surface area (Å²) in [6.07, 6.45) is 1.16. The number of rotatable bonds is 4. The van der Waals surface area contributed by atoms with Crippen molar-refractivity contribution in [2.45, 2.75) is 25.4 Å². The third-order valence-corrected chi connectivity index (χ3v) is 3.48. The second-order valence-corrected chi connectivity index (χ2v) is 4.98. The van der Waals surface area contributed by atoms with E-state index in [1.165, 1.54) is 0 Å². The molecule has 0 amide bonds. The molecular formula is C13H19N3O2. The van der Waals surface area contributed by atoms with Gasteiger partial charge in [0.25, 0.3) is 5.69 Å². The molecule has 2 atom stereocenters. The Labute approximate surface area is 107 Å². The van der Waals surface area contributed by atoms with Crippen molar-refractivity contribution in [2.24, 2.45) is 0 Å². The summed E-state index contributed by atoms with van der Waals surface area (Å²) in [4.78, 5) is 12.5. The van der Waals surface area contributed by atoms with Crippen LogP contribution in [0.5, 0.6) is 0 Å². The molecule has 0 aliphatic carbocycles. The first-order valence-corrected chi connectivity index (χ1v) is 6.25. The predicted molar refractivity (Wildman–Crippen MR) is 70.5 cm³/mol. The number of hydrogen-bond donors (Lipinski definition) is 1. The molecule has 1 saturated heterocycles. The molecule has 2 rings (SSSR count). The number of likely N-dealkylation sites (N-methyl/N-ethyl adjacent to an activating group) is 1. The SMILES string of the molecule is CC(NC1CCN(C)C1)c1ccc([N+](=O)[O-])cc1. The van der Waals surface area contributed by atoms with E-state index in [0.29, 0.717) is 6.04 Å². The highest BCUT2D eigenvalue weighted by atomic mass is 16.6. The number of nitro groups is 1. The molecule has 1 aliphatic rings. The number of hydrogen-bond acceptors (Lipinski definition) is 4. The molecule has 2 unspecified atom stereocenters. The van der Waals surface area contributed by atoms with Crippen LogP contribution in [0.1, 0.15) is 24.9 Å². The van der Waals surface area contributed by atoms with Crippen LogP contribution in [0, 0.1) is 10.1 Å². The number of benzene rings is 1. The van der Waals surface area contributed by atoms with E-state index in [-0.39, 0.29) is 16.7 Å². The predicted octanol–water partition coefficient (Wildman–Crippen LogP) is 1.95. The first-order chi connectivity index (χ1) is 8.56. The molecule has 0 saturated carbocycles. The molecule has 0 bridgehead atoms. The quantitative estimate of drug-likeness (QED) is 0.654. The molecule has 1 aromatic rings. The summed E-state index contributed by atoms with van der Waals surface area (Å²) < 4.78 is 0. The van der Waals surface area contributed by atoms with Crippen molar-refractivity contribution in [1.29, 1.82) is 0 Å². The van der Waals surface area contributed by atoms with Gasteiger partial charge in [-0.05, 0) is 32.5 Å². The lowest BCUT2D eigenvalue weighted by Gasteiger charge is -2.19. The van der Waals surface area contributed by atoms with Crippen LogP contribution < -0.4 is 5.32 Å². The summed E-state index contributed by atoms with van der Waals surface area (Å²) in [7, 11) is 2.12. The maximum atomic E-state index is 10.6. The Morgan fingerprint density at radius 3 is 2.61 bits per heavy atom. The molecule has 5 heteroatoms. The Morgan fingerprint density at radius 1 is 1.44 bits per heavy atom. The topological polar surface area (TPSA) is 58.4 Å². The molecule has 1 aromatic carbocycles. The van der Waals surface area contributed by atoms with E-state index in [0.717, 1.165) is 25.1 Å². The van der Waals surface area contributed by atoms with Crippen LogP contribution in [0.25, 0.3) is 0 Å². The summed E-state index contributed by atoms with van der Waals surface area (Å²) in [6.45, 7) is 4.29. The highest BCUT2D eigenvalue weighted by Crippen LogP contribution is 2.19. The number of nitrogens with zero attached hydrogens (tertiary/aromatic N) is 2. The molecule has 1 heterocycles. The van der Waals surface area contributed by atoms with E-state index < -0.39 is 0 Å². The molecule has 1 aliphatic heterocycles. The van der Waals surface area contributed by atoms with Crippen LogP contribution in [0.15, 0.2) is 24.3 Å². The minimum Gasteiger partial charge on any atom is -0.306 e. The first-order valence-electron chi connectivity index (χ1n) is 6.25. The summed E-state index contributed by atoms with van der Waals surface area (Å²) in [6, 6.07) is 7.52. The van der Waals surface area contributed by atoms with Crippen molar-refractivity contribution < 1.29 is 4.92 Å². The number of likely N-dealkylation sites (tertiary alicyclic amines) is 1. The highest BCUT2D eigenvalue weighted by Gasteiger charge is 2.21. The Bertz CT molecular complexity index is 419. The Morgan fingerprint density at radius 2 is 2.11 bits per heavy atom. The maximum Gasteiger partial charge on any atom is 0.269 e. The normalized spacial score (nSPS) is 22.0. The molecule has 0 aromatic heterocycles. The summed E-state index contributed by atoms with van der Waals surface area (Å²) in [5.41, 5.74) is 1.24. The van der Waals surface area contributed by atoms with Gasteiger partial charge in [0.05, 0.1) is 4.92 Å². The highest BCUT2D eigenvalue weighted by molar-refractivity contribution is 5.34. The lowest BCUT2D eigenvalue weighted by molar-refractivity contribution is -0.384. The minimum atomic E-state index is -0.367. The van der Waals surface area contributed by atoms with Gasteiger partial charge in [0.15, 0.2) is 0 Å². The average Bonchev–Trinajstić information content (AvgIpc) is 2.75. The zero-order chi connectivity index (χ0) is 13.1. The molecule has 18 heavy (non-hydrogen) atoms. The van der Waals surface area contributed by atoms with Crippen molar-refractivity contribution >= 4 is 5.69 Å². The zero-order valence-electron chi connectivity index (χ0n) is 10.8. The Balaban J connectivity index is 1.96. The summed E-state index contributed by atoms with van der Waals surface area (Å²) in [5.74, 6) is 0. The molecule has 0 radical (unpaired) electrons. The standard InChI is InChI=1S/C13H19N3O2/c1-10(14-12-7-8-15(2)9-12)11-3-5-13(6-4-11)16(17)18/h3-6,10,12,14H,7-9H2,1-2H3. The van der Waals surface area contributed by atoms with Crippen molar-refractivity contribution in [2.75, 3.05) is 20.1 Å². The van der Waals surface area contributed by atoms with Crippen molar-refractivity contribution in [3.63, 3.8) is 0 Å². The third-order valence-electron chi connectivity index (χ3n) is 3.48. The van der Waals surface area contributed by atoms with Crippen LogP contribution in [0.2, 0.25) is 0 Å². The smallest absolute Gasteiger partial charge is 0.269 e. The average molecular weight is 249 g/mol. The van der Waals surface area contributed by atoms with Gasteiger partial charge >= 0.3 is 0 Å². The van der Waals surface area contributed by atoms with Gasteiger partial charge in [-0.1, -0.05) is 12.1 Å². The van der Waals surface area contributed by atoms with E-state index in [4.69, 9.17) is 0 Å². The maximum absolute atomic E-state index is 10.6. The van der Waals surface area contributed by atoms with Gasteiger partial charge in [0.2, 0.25) is 0 Å². The van der Waals surface area contributed by atoms with Gasteiger partial charge in [-0.2, -0.15) is 0 Å². The van der Waals surface area contributed by atoms with Crippen molar-refractivity contribution in [3.8, 4) is 0 Å². The number of non-ortho nitro benzene ring substituents is 1. The molecule has 0 spiro atoms. The third kappa shape index (κ3) is 3.05. The molecule has 1 fully saturated rings. The summed E-state index contributed by atoms with van der Waals surface area (Å²) >= 11 is 0. The Kier molecular flexibility index (Phi) is 3.93. The number of nitro benzene ring substituents is 1. The first kappa shape index (κ1) is 13.0. The van der Waals surface area contributed by atoms with Gasteiger partial charge in [-0.25, -0.2) is 0 Å². The van der Waals surface area contributed by atoms with Crippen molar-refractivity contribution in [3.05, 3.63) is 39.9 Å². The second-order valence-electron chi connectivity index (χ2n) is 4.98. The lowest BCUT2D eigenvalue weighted by Crippen LogP contribution is -2.33. The van der Waals surface area contributed by atoms with E-state index in [9.17, 15) is 10.1 Å². The monoisotopic (exact) mass is 249 g/mol. The fourth-order valence-corrected chi connectivity index (χ4v) is 2.41. The van der Waals surface area contributed by atoms with Crippen LogP contribution >= 0.6 is 0 Å². The Hall–Kier alpha value is -1.46. The summed E-state index contributed by atoms with van der Waals surface area (Å²) in [5, 5.41) is 14.1. The fourth-order valence-electron chi connectivity index (χ4n) is 2.41. The zero-order valence-corrected chi connectivity index (χ0v) is 10.8. The van der Waals surface area contributed by atoms with E-state index in [1.54, 1.807) is 12.1 Å². The fraction of sp³-hybridized carbons (Fsp3) is 0.538. The largest absolute Gasteiger partial charge is 0.306 e. The minimum absolute atomic E-state index is 0.145. The molecule has 5 nitrogen and oxygen atoms in total. The van der Waals surface area contributed by atoms with E-state index >= 15 is 0 Å². The molecular weight excluding hydrogens is 230 g/mol.